The van der Waals surface area contributed by atoms with Gasteiger partial charge in [0.2, 0.25) is 10.0 Å². The molecule has 160 valence electrons. The molecular weight excluding hydrogens is 400 g/mol. The Morgan fingerprint density at radius 2 is 1.67 bits per heavy atom. The van der Waals surface area contributed by atoms with E-state index in [-0.39, 0.29) is 23.9 Å². The molecule has 0 saturated carbocycles. The first kappa shape index (κ1) is 23.4. The highest BCUT2D eigenvalue weighted by Gasteiger charge is 2.22. The summed E-state index contributed by atoms with van der Waals surface area (Å²) in [5.74, 6) is 0.509. The molecule has 7 heteroatoms. The van der Waals surface area contributed by atoms with E-state index in [9.17, 15) is 13.2 Å². The standard InChI is InChI=1S/C23H28N2O4S/c1-5-15-25(16-6-2)30(27,28)20-13-11-19(12-14-20)24-23(26)21-9-7-8-10-22(21)29-17-18(3)4/h5-14,18H,1-2,15-17H2,3-4H3,(H,24,26). The minimum Gasteiger partial charge on any atom is -0.492 e. The smallest absolute Gasteiger partial charge is 0.259 e. The quantitative estimate of drug-likeness (QED) is 0.540. The maximum atomic E-state index is 12.8. The third-order valence-corrected chi connectivity index (χ3v) is 5.97. The van der Waals surface area contributed by atoms with Gasteiger partial charge in [0.15, 0.2) is 0 Å². The maximum absolute atomic E-state index is 12.8. The Bertz CT molecular complexity index is 973. The number of rotatable bonds is 11. The zero-order valence-corrected chi connectivity index (χ0v) is 18.2. The minimum atomic E-state index is -3.69. The first-order valence-electron chi connectivity index (χ1n) is 9.64. The van der Waals surface area contributed by atoms with Crippen LogP contribution in [0.15, 0.2) is 78.7 Å². The summed E-state index contributed by atoms with van der Waals surface area (Å²) >= 11 is 0. The monoisotopic (exact) mass is 428 g/mol. The second-order valence-corrected chi connectivity index (χ2v) is 9.02. The zero-order chi connectivity index (χ0) is 22.1. The van der Waals surface area contributed by atoms with Crippen LogP contribution >= 0.6 is 0 Å². The predicted molar refractivity (Wildman–Crippen MR) is 120 cm³/mol. The van der Waals surface area contributed by atoms with Crippen molar-refractivity contribution in [2.24, 2.45) is 5.92 Å². The highest BCUT2D eigenvalue weighted by atomic mass is 32.2. The van der Waals surface area contributed by atoms with Crippen LogP contribution in [0.4, 0.5) is 5.69 Å². The van der Waals surface area contributed by atoms with Crippen LogP contribution in [0.1, 0.15) is 24.2 Å². The van der Waals surface area contributed by atoms with E-state index < -0.39 is 10.0 Å². The average molecular weight is 429 g/mol. The number of carbonyl (C=O) groups excluding carboxylic acids is 1. The highest BCUT2D eigenvalue weighted by Crippen LogP contribution is 2.22. The van der Waals surface area contributed by atoms with Crippen molar-refractivity contribution in [1.82, 2.24) is 4.31 Å². The first-order chi connectivity index (χ1) is 14.3. The number of carbonyl (C=O) groups is 1. The van der Waals surface area contributed by atoms with E-state index in [1.54, 1.807) is 30.3 Å². The van der Waals surface area contributed by atoms with E-state index in [4.69, 9.17) is 4.74 Å². The number of anilines is 1. The SMILES string of the molecule is C=CCN(CC=C)S(=O)(=O)c1ccc(NC(=O)c2ccccc2OCC(C)C)cc1. The van der Waals surface area contributed by atoms with E-state index in [0.717, 1.165) is 0 Å². The molecule has 0 heterocycles. The van der Waals surface area contributed by atoms with E-state index >= 15 is 0 Å². The number of amides is 1. The van der Waals surface area contributed by atoms with Gasteiger partial charge in [-0.05, 0) is 42.3 Å². The number of nitrogens with zero attached hydrogens (tertiary/aromatic N) is 1. The number of sulfonamides is 1. The number of benzene rings is 2. The van der Waals surface area contributed by atoms with Crippen LogP contribution in [0.3, 0.4) is 0 Å². The Morgan fingerprint density at radius 3 is 2.23 bits per heavy atom. The Kier molecular flexibility index (Phi) is 8.38. The van der Waals surface area contributed by atoms with Gasteiger partial charge in [-0.2, -0.15) is 4.31 Å². The van der Waals surface area contributed by atoms with Crippen LogP contribution in [0.2, 0.25) is 0 Å². The molecular formula is C23H28N2O4S. The normalized spacial score (nSPS) is 11.3. The molecule has 0 aromatic heterocycles. The van der Waals surface area contributed by atoms with Gasteiger partial charge in [0.05, 0.1) is 17.1 Å². The predicted octanol–water partition coefficient (Wildman–Crippen LogP) is 4.34. The molecule has 0 aliphatic carbocycles. The average Bonchev–Trinajstić information content (AvgIpc) is 2.72. The topological polar surface area (TPSA) is 75.7 Å². The molecule has 6 nitrogen and oxygen atoms in total. The lowest BCUT2D eigenvalue weighted by atomic mass is 10.1. The lowest BCUT2D eigenvalue weighted by Gasteiger charge is -2.19. The molecule has 2 aromatic rings. The Labute approximate surface area is 178 Å². The van der Waals surface area contributed by atoms with Crippen molar-refractivity contribution in [2.75, 3.05) is 25.0 Å². The van der Waals surface area contributed by atoms with Gasteiger partial charge in [-0.3, -0.25) is 4.79 Å². The fourth-order valence-corrected chi connectivity index (χ4v) is 4.03. The second kappa shape index (κ2) is 10.8. The van der Waals surface area contributed by atoms with Crippen molar-refractivity contribution in [3.8, 4) is 5.75 Å². The van der Waals surface area contributed by atoms with Crippen LogP contribution in [0.25, 0.3) is 0 Å². The van der Waals surface area contributed by atoms with Crippen LogP contribution in [0.5, 0.6) is 5.75 Å². The Balaban J connectivity index is 2.17. The molecule has 2 rings (SSSR count). The van der Waals surface area contributed by atoms with Crippen LogP contribution < -0.4 is 10.1 Å². The van der Waals surface area contributed by atoms with Crippen LogP contribution in [0, 0.1) is 5.92 Å². The summed E-state index contributed by atoms with van der Waals surface area (Å²) in [5.41, 5.74) is 0.898. The molecule has 0 spiro atoms. The van der Waals surface area contributed by atoms with Crippen LogP contribution in [-0.4, -0.2) is 38.3 Å². The van der Waals surface area contributed by atoms with Crippen molar-refractivity contribution in [2.45, 2.75) is 18.7 Å². The van der Waals surface area contributed by atoms with Crippen molar-refractivity contribution >= 4 is 21.6 Å². The molecule has 0 aliphatic rings. The van der Waals surface area contributed by atoms with E-state index in [0.29, 0.717) is 29.5 Å². The number of hydrogen-bond donors (Lipinski definition) is 1. The Hall–Kier alpha value is -2.90. The van der Waals surface area contributed by atoms with Crippen molar-refractivity contribution in [3.05, 3.63) is 79.4 Å². The summed E-state index contributed by atoms with van der Waals surface area (Å²) < 4.78 is 32.5. The molecule has 1 amide bonds. The minimum absolute atomic E-state index is 0.130. The van der Waals surface area contributed by atoms with Gasteiger partial charge in [0.25, 0.3) is 5.91 Å². The van der Waals surface area contributed by atoms with Gasteiger partial charge >= 0.3 is 0 Å². The summed E-state index contributed by atoms with van der Waals surface area (Å²) in [6.07, 6.45) is 3.04. The molecule has 0 unspecified atom stereocenters. The lowest BCUT2D eigenvalue weighted by Crippen LogP contribution is -2.31. The van der Waals surface area contributed by atoms with Gasteiger partial charge in [-0.1, -0.05) is 38.1 Å². The summed E-state index contributed by atoms with van der Waals surface area (Å²) in [4.78, 5) is 12.8. The maximum Gasteiger partial charge on any atom is 0.259 e. The number of para-hydroxylation sites is 1. The molecule has 30 heavy (non-hydrogen) atoms. The van der Waals surface area contributed by atoms with Gasteiger partial charge in [0, 0.05) is 18.8 Å². The fourth-order valence-electron chi connectivity index (χ4n) is 2.65. The van der Waals surface area contributed by atoms with Gasteiger partial charge in [0.1, 0.15) is 5.75 Å². The fraction of sp³-hybridized carbons (Fsp3) is 0.261. The molecule has 0 bridgehead atoms. The molecule has 0 aliphatic heterocycles. The van der Waals surface area contributed by atoms with Crippen LogP contribution in [-0.2, 0) is 10.0 Å². The number of nitrogens with one attached hydrogen (secondary N) is 1. The highest BCUT2D eigenvalue weighted by molar-refractivity contribution is 7.89. The van der Waals surface area contributed by atoms with Gasteiger partial charge < -0.3 is 10.1 Å². The summed E-state index contributed by atoms with van der Waals surface area (Å²) in [7, 11) is -3.69. The number of ether oxygens (including phenoxy) is 1. The molecule has 2 aromatic carbocycles. The molecule has 0 saturated heterocycles. The largest absolute Gasteiger partial charge is 0.492 e. The third kappa shape index (κ3) is 6.05. The lowest BCUT2D eigenvalue weighted by molar-refractivity contribution is 0.102. The molecule has 0 fully saturated rings. The van der Waals surface area contributed by atoms with Gasteiger partial charge in [-0.25, -0.2) is 8.42 Å². The molecule has 0 atom stereocenters. The van der Waals surface area contributed by atoms with E-state index in [2.05, 4.69) is 18.5 Å². The number of hydrogen-bond acceptors (Lipinski definition) is 4. The van der Waals surface area contributed by atoms with Crippen molar-refractivity contribution in [1.29, 1.82) is 0 Å². The van der Waals surface area contributed by atoms with E-state index in [1.165, 1.54) is 28.6 Å². The second-order valence-electron chi connectivity index (χ2n) is 7.08. The molecule has 0 radical (unpaired) electrons. The Morgan fingerprint density at radius 1 is 1.07 bits per heavy atom. The first-order valence-corrected chi connectivity index (χ1v) is 11.1. The van der Waals surface area contributed by atoms with Gasteiger partial charge in [-0.15, -0.1) is 13.2 Å². The van der Waals surface area contributed by atoms with Crippen molar-refractivity contribution in [3.63, 3.8) is 0 Å². The summed E-state index contributed by atoms with van der Waals surface area (Å²) in [6.45, 7) is 12.1. The van der Waals surface area contributed by atoms with E-state index in [1.807, 2.05) is 19.9 Å². The third-order valence-electron chi connectivity index (χ3n) is 4.12. The summed E-state index contributed by atoms with van der Waals surface area (Å²) in [6, 6.07) is 13.1. The summed E-state index contributed by atoms with van der Waals surface area (Å²) in [5, 5.41) is 2.78. The zero-order valence-electron chi connectivity index (χ0n) is 17.4. The van der Waals surface area contributed by atoms with Crippen molar-refractivity contribution < 1.29 is 17.9 Å². The molecule has 1 N–H and O–H groups in total.